The summed E-state index contributed by atoms with van der Waals surface area (Å²) in [4.78, 5) is 0. The van der Waals surface area contributed by atoms with E-state index in [2.05, 4.69) is 50.8 Å². The van der Waals surface area contributed by atoms with Gasteiger partial charge in [0.25, 0.3) is 0 Å². The van der Waals surface area contributed by atoms with Gasteiger partial charge in [0.1, 0.15) is 0 Å². The fourth-order valence-electron chi connectivity index (χ4n) is 1.35. The lowest BCUT2D eigenvalue weighted by Crippen LogP contribution is -2.11. The van der Waals surface area contributed by atoms with Crippen molar-refractivity contribution in [1.82, 2.24) is 0 Å². The first-order chi connectivity index (χ1) is 6.72. The first-order valence-electron chi connectivity index (χ1n) is 5.07. The molecule has 0 atom stereocenters. The van der Waals surface area contributed by atoms with E-state index in [1.807, 2.05) is 6.08 Å². The van der Waals surface area contributed by atoms with E-state index in [-0.39, 0.29) is 9.52 Å². The van der Waals surface area contributed by atoms with Gasteiger partial charge in [0.15, 0.2) is 0 Å². The molecule has 0 radical (unpaired) electrons. The Hall–Kier alpha value is -1.08. The average Bonchev–Trinajstić information content (AvgIpc) is 2.18. The SMILES string of the molecule is C=Cc1ccc([SiH2]CC=C(C)C)cc1. The third-order valence-corrected chi connectivity index (χ3v) is 3.83. The Labute approximate surface area is 89.2 Å². The molecular weight excluding hydrogens is 184 g/mol. The van der Waals surface area contributed by atoms with Crippen LogP contribution in [-0.2, 0) is 0 Å². The van der Waals surface area contributed by atoms with Crippen molar-refractivity contribution < 1.29 is 0 Å². The van der Waals surface area contributed by atoms with Crippen LogP contribution in [0.4, 0.5) is 0 Å². The molecule has 0 N–H and O–H groups in total. The van der Waals surface area contributed by atoms with E-state index in [9.17, 15) is 0 Å². The second kappa shape index (κ2) is 5.61. The summed E-state index contributed by atoms with van der Waals surface area (Å²) in [5, 5.41) is 1.54. The van der Waals surface area contributed by atoms with Crippen LogP contribution in [0.5, 0.6) is 0 Å². The molecule has 0 fully saturated rings. The Morgan fingerprint density at radius 2 is 1.93 bits per heavy atom. The van der Waals surface area contributed by atoms with Gasteiger partial charge in [0.2, 0.25) is 0 Å². The Morgan fingerprint density at radius 3 is 2.43 bits per heavy atom. The molecule has 0 saturated carbocycles. The zero-order chi connectivity index (χ0) is 10.4. The van der Waals surface area contributed by atoms with Crippen LogP contribution in [0, 0.1) is 0 Å². The van der Waals surface area contributed by atoms with Crippen molar-refractivity contribution in [2.45, 2.75) is 19.9 Å². The van der Waals surface area contributed by atoms with E-state index in [1.165, 1.54) is 22.4 Å². The lowest BCUT2D eigenvalue weighted by atomic mass is 10.2. The molecule has 0 bridgehead atoms. The van der Waals surface area contributed by atoms with Crippen molar-refractivity contribution in [3.05, 3.63) is 48.1 Å². The largest absolute Gasteiger partial charge is 0.0985 e. The van der Waals surface area contributed by atoms with E-state index in [0.29, 0.717) is 0 Å². The zero-order valence-corrected chi connectivity index (χ0v) is 10.5. The highest BCUT2D eigenvalue weighted by atomic mass is 28.2. The van der Waals surface area contributed by atoms with Gasteiger partial charge in [-0.25, -0.2) is 0 Å². The van der Waals surface area contributed by atoms with Crippen molar-refractivity contribution in [2.75, 3.05) is 0 Å². The monoisotopic (exact) mass is 202 g/mol. The first kappa shape index (κ1) is 11.0. The number of allylic oxidation sites excluding steroid dienone is 2. The molecule has 74 valence electrons. The third kappa shape index (κ3) is 3.75. The van der Waals surface area contributed by atoms with Gasteiger partial charge < -0.3 is 0 Å². The molecule has 1 aromatic carbocycles. The molecule has 0 aliphatic carbocycles. The highest BCUT2D eigenvalue weighted by Gasteiger charge is 1.92. The van der Waals surface area contributed by atoms with Crippen molar-refractivity contribution in [2.24, 2.45) is 0 Å². The second-order valence-electron chi connectivity index (χ2n) is 3.77. The zero-order valence-electron chi connectivity index (χ0n) is 9.09. The Kier molecular flexibility index (Phi) is 4.40. The molecule has 0 amide bonds. The third-order valence-electron chi connectivity index (χ3n) is 2.20. The predicted molar refractivity (Wildman–Crippen MR) is 68.9 cm³/mol. The molecule has 0 spiro atoms. The number of benzene rings is 1. The summed E-state index contributed by atoms with van der Waals surface area (Å²) in [7, 11) is -0.0885. The summed E-state index contributed by atoms with van der Waals surface area (Å²) >= 11 is 0. The molecule has 0 heterocycles. The van der Waals surface area contributed by atoms with E-state index in [0.717, 1.165) is 0 Å². The highest BCUT2D eigenvalue weighted by molar-refractivity contribution is 6.53. The van der Waals surface area contributed by atoms with E-state index in [4.69, 9.17) is 0 Å². The smallest absolute Gasteiger partial charge is 0.0584 e. The summed E-state index contributed by atoms with van der Waals surface area (Å²) in [6.45, 7) is 8.07. The van der Waals surface area contributed by atoms with Gasteiger partial charge in [-0.1, -0.05) is 53.8 Å². The van der Waals surface area contributed by atoms with Crippen molar-refractivity contribution >= 4 is 20.8 Å². The predicted octanol–water partition coefficient (Wildman–Crippen LogP) is 2.51. The van der Waals surface area contributed by atoms with E-state index < -0.39 is 0 Å². The van der Waals surface area contributed by atoms with Crippen molar-refractivity contribution in [3.63, 3.8) is 0 Å². The van der Waals surface area contributed by atoms with Gasteiger partial charge in [0, 0.05) is 0 Å². The molecule has 0 aliphatic rings. The first-order valence-corrected chi connectivity index (χ1v) is 6.78. The fourth-order valence-corrected chi connectivity index (χ4v) is 2.97. The Bertz CT molecular complexity index is 316. The lowest BCUT2D eigenvalue weighted by molar-refractivity contribution is 1.36. The normalized spacial score (nSPS) is 10.4. The Morgan fingerprint density at radius 1 is 1.29 bits per heavy atom. The lowest BCUT2D eigenvalue weighted by Gasteiger charge is -1.99. The van der Waals surface area contributed by atoms with Gasteiger partial charge in [-0.2, -0.15) is 0 Å². The maximum atomic E-state index is 3.75. The van der Waals surface area contributed by atoms with Gasteiger partial charge in [-0.3, -0.25) is 0 Å². The molecule has 14 heavy (non-hydrogen) atoms. The second-order valence-corrected chi connectivity index (χ2v) is 5.66. The van der Waals surface area contributed by atoms with Crippen LogP contribution < -0.4 is 5.19 Å². The number of hydrogen-bond acceptors (Lipinski definition) is 0. The van der Waals surface area contributed by atoms with Gasteiger partial charge in [-0.05, 0) is 25.5 Å². The molecular formula is C13H18Si. The van der Waals surface area contributed by atoms with Crippen LogP contribution in [0.2, 0.25) is 6.04 Å². The van der Waals surface area contributed by atoms with Crippen molar-refractivity contribution in [1.29, 1.82) is 0 Å². The minimum Gasteiger partial charge on any atom is -0.0985 e. The van der Waals surface area contributed by atoms with E-state index >= 15 is 0 Å². The summed E-state index contributed by atoms with van der Waals surface area (Å²) in [6.07, 6.45) is 4.23. The number of rotatable bonds is 4. The van der Waals surface area contributed by atoms with Gasteiger partial charge in [0.05, 0.1) is 9.52 Å². The van der Waals surface area contributed by atoms with E-state index in [1.54, 1.807) is 0 Å². The van der Waals surface area contributed by atoms with Crippen LogP contribution in [0.15, 0.2) is 42.5 Å². The molecule has 0 nitrogen and oxygen atoms in total. The Balaban J connectivity index is 2.52. The van der Waals surface area contributed by atoms with Gasteiger partial charge in [-0.15, -0.1) is 0 Å². The topological polar surface area (TPSA) is 0 Å². The summed E-state index contributed by atoms with van der Waals surface area (Å²) in [5.41, 5.74) is 2.64. The van der Waals surface area contributed by atoms with Crippen LogP contribution in [0.25, 0.3) is 6.08 Å². The van der Waals surface area contributed by atoms with Crippen LogP contribution >= 0.6 is 0 Å². The quantitative estimate of drug-likeness (QED) is 0.520. The van der Waals surface area contributed by atoms with Gasteiger partial charge >= 0.3 is 0 Å². The fraction of sp³-hybridized carbons (Fsp3) is 0.231. The summed E-state index contributed by atoms with van der Waals surface area (Å²) in [6, 6.07) is 10.1. The molecule has 1 heteroatoms. The van der Waals surface area contributed by atoms with Crippen LogP contribution in [0.3, 0.4) is 0 Å². The molecule has 0 saturated heterocycles. The highest BCUT2D eigenvalue weighted by Crippen LogP contribution is 1.98. The standard InChI is InChI=1S/C13H18Si/c1-4-12-5-7-13(8-6-12)14-10-9-11(2)3/h4-9H,1,10,14H2,2-3H3. The van der Waals surface area contributed by atoms with Crippen LogP contribution in [0.1, 0.15) is 19.4 Å². The summed E-state index contributed by atoms with van der Waals surface area (Å²) < 4.78 is 0. The molecule has 0 aliphatic heterocycles. The maximum absolute atomic E-state index is 3.75. The minimum absolute atomic E-state index is 0.0885. The molecule has 1 rings (SSSR count). The van der Waals surface area contributed by atoms with Crippen molar-refractivity contribution in [3.8, 4) is 0 Å². The number of hydrogen-bond donors (Lipinski definition) is 0. The maximum Gasteiger partial charge on any atom is 0.0584 e. The van der Waals surface area contributed by atoms with Crippen LogP contribution in [-0.4, -0.2) is 9.52 Å². The molecule has 0 unspecified atom stereocenters. The summed E-state index contributed by atoms with van der Waals surface area (Å²) in [5.74, 6) is 0. The average molecular weight is 202 g/mol. The molecule has 1 aromatic rings. The molecule has 0 aromatic heterocycles. The minimum atomic E-state index is -0.0885.